The quantitative estimate of drug-likeness (QED) is 0.365. The number of aryl methyl sites for hydroxylation is 1. The van der Waals surface area contributed by atoms with Gasteiger partial charge in [-0.15, -0.1) is 0 Å². The largest absolute Gasteiger partial charge is 0.454 e. The van der Waals surface area contributed by atoms with E-state index >= 15 is 0 Å². The molecular formula is C23H21F2N3O4S. The number of pyridine rings is 1. The molecule has 2 aromatic carbocycles. The van der Waals surface area contributed by atoms with Crippen LogP contribution in [-0.4, -0.2) is 28.6 Å². The lowest BCUT2D eigenvalue weighted by Crippen LogP contribution is -2.22. The Morgan fingerprint density at radius 1 is 1.00 bits per heavy atom. The average Bonchev–Trinajstić information content (AvgIpc) is 3.23. The van der Waals surface area contributed by atoms with Gasteiger partial charge in [0.1, 0.15) is 11.6 Å². The molecule has 0 aromatic heterocycles. The topological polar surface area (TPSA) is 93.5 Å². The van der Waals surface area contributed by atoms with Crippen molar-refractivity contribution in [1.29, 1.82) is 0 Å². The van der Waals surface area contributed by atoms with Gasteiger partial charge in [-0.2, -0.15) is 4.73 Å². The molecule has 0 unspecified atom stereocenters. The third kappa shape index (κ3) is 4.34. The van der Waals surface area contributed by atoms with E-state index in [1.807, 2.05) is 0 Å². The highest BCUT2D eigenvalue weighted by Crippen LogP contribution is 2.42. The predicted octanol–water partition coefficient (Wildman–Crippen LogP) is 5.42. The molecule has 33 heavy (non-hydrogen) atoms. The van der Waals surface area contributed by atoms with Crippen LogP contribution in [0.3, 0.4) is 0 Å². The number of hydrogen-bond acceptors (Lipinski definition) is 5. The Labute approximate surface area is 189 Å². The van der Waals surface area contributed by atoms with Crippen molar-refractivity contribution in [2.24, 2.45) is 0 Å². The standard InChI is InChI=1S/C23H21F2N3O4S/c1-13(2)33(30,31)27-16-5-7-21(32-22-6-4-15(24)11-20(22)25)19(12-16)18-10-14(3)28(29)23-17(18)8-9-26-23/h4-13,27,29H,1-3H3. The number of halogens is 2. The minimum Gasteiger partial charge on any atom is -0.454 e. The van der Waals surface area contributed by atoms with Gasteiger partial charge in [0.25, 0.3) is 0 Å². The Hall–Kier alpha value is -3.66. The molecule has 172 valence electrons. The molecular weight excluding hydrogens is 452 g/mol. The molecule has 2 N–H and O–H groups in total. The van der Waals surface area contributed by atoms with Crippen molar-refractivity contribution in [3.8, 4) is 34.0 Å². The lowest BCUT2D eigenvalue weighted by Gasteiger charge is -2.19. The molecule has 2 aliphatic heterocycles. The van der Waals surface area contributed by atoms with Crippen LogP contribution in [0.1, 0.15) is 19.5 Å². The summed E-state index contributed by atoms with van der Waals surface area (Å²) in [6.45, 7) is 4.78. The molecule has 4 rings (SSSR count). The number of ether oxygens (including phenoxy) is 1. The molecule has 0 saturated carbocycles. The fraction of sp³-hybridized carbons (Fsp3) is 0.174. The summed E-state index contributed by atoms with van der Waals surface area (Å²) in [5, 5.41) is 9.64. The number of anilines is 1. The van der Waals surface area contributed by atoms with Gasteiger partial charge in [-0.3, -0.25) is 4.72 Å². The van der Waals surface area contributed by atoms with Gasteiger partial charge < -0.3 is 9.94 Å². The van der Waals surface area contributed by atoms with E-state index in [0.717, 1.165) is 10.8 Å². The van der Waals surface area contributed by atoms with E-state index in [0.29, 0.717) is 28.5 Å². The summed E-state index contributed by atoms with van der Waals surface area (Å²) in [5.41, 5.74) is 2.30. The van der Waals surface area contributed by atoms with Gasteiger partial charge >= 0.3 is 0 Å². The second kappa shape index (κ2) is 8.36. The average molecular weight is 474 g/mol. The van der Waals surface area contributed by atoms with Crippen molar-refractivity contribution in [3.63, 3.8) is 0 Å². The number of sulfonamides is 1. The van der Waals surface area contributed by atoms with E-state index in [-0.39, 0.29) is 23.0 Å². The summed E-state index contributed by atoms with van der Waals surface area (Å²) >= 11 is 0. The predicted molar refractivity (Wildman–Crippen MR) is 120 cm³/mol. The zero-order chi connectivity index (χ0) is 23.9. The highest BCUT2D eigenvalue weighted by molar-refractivity contribution is 7.93. The van der Waals surface area contributed by atoms with Crippen molar-refractivity contribution in [3.05, 3.63) is 72.1 Å². The number of nitrogens with zero attached hydrogens (tertiary/aromatic N) is 2. The highest BCUT2D eigenvalue weighted by atomic mass is 32.2. The Kier molecular flexibility index (Phi) is 5.71. The Bertz CT molecular complexity index is 1420. The van der Waals surface area contributed by atoms with Gasteiger partial charge in [0.15, 0.2) is 17.4 Å². The SMILES string of the molecule is Cc1cc(-c2cc(NS(=O)(=O)C(C)C)ccc2Oc2ccc(F)cc2F)c2ccnc-2n1O. The number of aromatic nitrogens is 2. The van der Waals surface area contributed by atoms with E-state index < -0.39 is 26.9 Å². The van der Waals surface area contributed by atoms with Crippen LogP contribution >= 0.6 is 0 Å². The van der Waals surface area contributed by atoms with Crippen molar-refractivity contribution in [2.75, 3.05) is 4.72 Å². The normalized spacial score (nSPS) is 11.8. The number of rotatable bonds is 6. The first kappa shape index (κ1) is 22.5. The molecule has 0 fully saturated rings. The Morgan fingerprint density at radius 2 is 1.73 bits per heavy atom. The molecule has 2 aliphatic rings. The minimum atomic E-state index is -3.63. The lowest BCUT2D eigenvalue weighted by atomic mass is 9.98. The molecule has 0 spiro atoms. The fourth-order valence-electron chi connectivity index (χ4n) is 3.29. The first-order valence-corrected chi connectivity index (χ1v) is 11.6. The number of benzene rings is 2. The summed E-state index contributed by atoms with van der Waals surface area (Å²) in [5.74, 6) is -1.34. The van der Waals surface area contributed by atoms with Crippen LogP contribution in [0.5, 0.6) is 11.5 Å². The van der Waals surface area contributed by atoms with Gasteiger partial charge in [-0.1, -0.05) is 0 Å². The van der Waals surface area contributed by atoms with E-state index in [1.165, 1.54) is 24.4 Å². The summed E-state index contributed by atoms with van der Waals surface area (Å²) in [6, 6.07) is 10.8. The second-order valence-electron chi connectivity index (χ2n) is 7.78. The van der Waals surface area contributed by atoms with E-state index in [1.54, 1.807) is 39.0 Å². The first-order valence-electron chi connectivity index (χ1n) is 10.0. The molecule has 0 saturated heterocycles. The maximum atomic E-state index is 14.3. The molecule has 0 atom stereocenters. The van der Waals surface area contributed by atoms with Crippen LogP contribution < -0.4 is 9.46 Å². The number of hydrogen-bond donors (Lipinski definition) is 2. The molecule has 2 heterocycles. The van der Waals surface area contributed by atoms with Crippen molar-refractivity contribution >= 4 is 15.7 Å². The summed E-state index contributed by atoms with van der Waals surface area (Å²) in [4.78, 5) is 4.17. The van der Waals surface area contributed by atoms with Crippen molar-refractivity contribution in [2.45, 2.75) is 26.0 Å². The Morgan fingerprint density at radius 3 is 2.42 bits per heavy atom. The maximum absolute atomic E-state index is 14.3. The van der Waals surface area contributed by atoms with Crippen LogP contribution in [-0.2, 0) is 10.0 Å². The van der Waals surface area contributed by atoms with Gasteiger partial charge in [0.2, 0.25) is 10.0 Å². The summed E-state index contributed by atoms with van der Waals surface area (Å²) < 4.78 is 61.6. The summed E-state index contributed by atoms with van der Waals surface area (Å²) in [6.07, 6.45) is 1.52. The maximum Gasteiger partial charge on any atom is 0.235 e. The van der Waals surface area contributed by atoms with E-state index in [4.69, 9.17) is 4.74 Å². The van der Waals surface area contributed by atoms with Crippen LogP contribution in [0.2, 0.25) is 0 Å². The number of fused-ring (bicyclic) bond motifs is 1. The van der Waals surface area contributed by atoms with Crippen molar-refractivity contribution in [1.82, 2.24) is 9.71 Å². The van der Waals surface area contributed by atoms with Gasteiger partial charge in [0.05, 0.1) is 10.9 Å². The third-order valence-corrected chi connectivity index (χ3v) is 6.88. The molecule has 0 bridgehead atoms. The van der Waals surface area contributed by atoms with Crippen molar-refractivity contribution < 1.29 is 27.1 Å². The minimum absolute atomic E-state index is 0.199. The van der Waals surface area contributed by atoms with Gasteiger partial charge in [-0.25, -0.2) is 22.2 Å². The van der Waals surface area contributed by atoms with Crippen LogP contribution in [0.15, 0.2) is 54.7 Å². The molecule has 0 amide bonds. The zero-order valence-corrected chi connectivity index (χ0v) is 18.8. The molecule has 7 nitrogen and oxygen atoms in total. The lowest BCUT2D eigenvalue weighted by molar-refractivity contribution is 0.180. The second-order valence-corrected chi connectivity index (χ2v) is 10.0. The molecule has 0 radical (unpaired) electrons. The van der Waals surface area contributed by atoms with Crippen LogP contribution in [0, 0.1) is 18.6 Å². The van der Waals surface area contributed by atoms with E-state index in [2.05, 4.69) is 9.71 Å². The third-order valence-electron chi connectivity index (χ3n) is 5.12. The van der Waals surface area contributed by atoms with Crippen LogP contribution in [0.4, 0.5) is 14.5 Å². The number of nitrogens with one attached hydrogen (secondary N) is 1. The molecule has 10 heteroatoms. The smallest absolute Gasteiger partial charge is 0.235 e. The summed E-state index contributed by atoms with van der Waals surface area (Å²) in [7, 11) is -3.63. The zero-order valence-electron chi connectivity index (χ0n) is 18.0. The van der Waals surface area contributed by atoms with Gasteiger partial charge in [-0.05, 0) is 68.8 Å². The van der Waals surface area contributed by atoms with Crippen LogP contribution in [0.25, 0.3) is 22.5 Å². The fourth-order valence-corrected chi connectivity index (χ4v) is 3.99. The molecule has 0 aliphatic carbocycles. The first-order chi connectivity index (χ1) is 15.6. The monoisotopic (exact) mass is 473 g/mol. The Balaban J connectivity index is 1.89. The van der Waals surface area contributed by atoms with E-state index in [9.17, 15) is 22.4 Å². The molecule has 2 aromatic rings. The highest BCUT2D eigenvalue weighted by Gasteiger charge is 2.22. The van der Waals surface area contributed by atoms with Gasteiger partial charge in [0, 0.05) is 29.1 Å².